The number of rotatable bonds is 3. The molecule has 88 valence electrons. The van der Waals surface area contributed by atoms with Crippen LogP contribution in [0.15, 0.2) is 34.9 Å². The number of methoxy groups -OCH3 is 1. The van der Waals surface area contributed by atoms with Gasteiger partial charge in [0.2, 0.25) is 0 Å². The average molecular weight is 232 g/mol. The minimum Gasteiger partial charge on any atom is -0.497 e. The fourth-order valence-corrected chi connectivity index (χ4v) is 1.38. The molecule has 5 nitrogen and oxygen atoms in total. The van der Waals surface area contributed by atoms with Gasteiger partial charge in [0.15, 0.2) is 5.82 Å². The number of benzene rings is 1. The van der Waals surface area contributed by atoms with Crippen LogP contribution in [0.5, 0.6) is 5.75 Å². The number of hydrogen-bond donors (Lipinski definition) is 1. The first kappa shape index (κ1) is 11.2. The first-order chi connectivity index (χ1) is 8.19. The maximum absolute atomic E-state index is 11.8. The predicted molar refractivity (Wildman–Crippen MR) is 62.2 cm³/mol. The van der Waals surface area contributed by atoms with Gasteiger partial charge in [0.05, 0.1) is 7.11 Å². The van der Waals surface area contributed by atoms with Crippen molar-refractivity contribution < 1.29 is 14.1 Å². The highest BCUT2D eigenvalue weighted by molar-refractivity contribution is 6.03. The topological polar surface area (TPSA) is 64.4 Å². The molecule has 0 radical (unpaired) electrons. The Hall–Kier alpha value is -2.30. The van der Waals surface area contributed by atoms with Gasteiger partial charge in [-0.1, -0.05) is 11.2 Å². The van der Waals surface area contributed by atoms with Crippen LogP contribution in [0.1, 0.15) is 16.1 Å². The summed E-state index contributed by atoms with van der Waals surface area (Å²) in [6.45, 7) is 1.76. The lowest BCUT2D eigenvalue weighted by molar-refractivity contribution is 0.102. The molecule has 2 rings (SSSR count). The van der Waals surface area contributed by atoms with Crippen molar-refractivity contribution in [1.82, 2.24) is 5.16 Å². The quantitative estimate of drug-likeness (QED) is 0.881. The molecule has 2 aromatic rings. The minimum atomic E-state index is -0.253. The molecule has 0 aliphatic carbocycles. The van der Waals surface area contributed by atoms with Gasteiger partial charge in [-0.05, 0) is 25.1 Å². The van der Waals surface area contributed by atoms with E-state index in [4.69, 9.17) is 9.26 Å². The predicted octanol–water partition coefficient (Wildman–Crippen LogP) is 2.24. The van der Waals surface area contributed by atoms with E-state index in [1.54, 1.807) is 44.4 Å². The molecule has 0 aliphatic heterocycles. The molecule has 0 spiro atoms. The molecule has 0 unspecified atom stereocenters. The van der Waals surface area contributed by atoms with Crippen molar-refractivity contribution in [3.8, 4) is 5.75 Å². The van der Waals surface area contributed by atoms with E-state index in [1.807, 2.05) is 0 Å². The molecule has 0 fully saturated rings. The molecule has 0 bridgehead atoms. The molecule has 1 heterocycles. The highest BCUT2D eigenvalue weighted by atomic mass is 16.5. The monoisotopic (exact) mass is 232 g/mol. The number of nitrogens with zero attached hydrogens (tertiary/aromatic N) is 1. The third-order valence-corrected chi connectivity index (χ3v) is 2.20. The number of carbonyl (C=O) groups excluding carboxylic acids is 1. The maximum atomic E-state index is 11.8. The standard InChI is InChI=1S/C12H12N2O3/c1-8-6-11(14-17-8)13-12(15)9-4-3-5-10(7-9)16-2/h3-7H,1-2H3,(H,13,14,15). The van der Waals surface area contributed by atoms with Crippen molar-refractivity contribution in [1.29, 1.82) is 0 Å². The third-order valence-electron chi connectivity index (χ3n) is 2.20. The van der Waals surface area contributed by atoms with Gasteiger partial charge < -0.3 is 14.6 Å². The molecule has 0 saturated carbocycles. The molecular weight excluding hydrogens is 220 g/mol. The molecule has 1 N–H and O–H groups in total. The van der Waals surface area contributed by atoms with Gasteiger partial charge in [-0.15, -0.1) is 0 Å². The first-order valence-corrected chi connectivity index (χ1v) is 5.08. The van der Waals surface area contributed by atoms with E-state index in [9.17, 15) is 4.79 Å². The molecule has 1 aromatic carbocycles. The Morgan fingerprint density at radius 3 is 2.88 bits per heavy atom. The molecule has 0 aliphatic rings. The van der Waals surface area contributed by atoms with Crippen LogP contribution >= 0.6 is 0 Å². The van der Waals surface area contributed by atoms with Gasteiger partial charge in [0.25, 0.3) is 5.91 Å². The fraction of sp³-hybridized carbons (Fsp3) is 0.167. The zero-order valence-electron chi connectivity index (χ0n) is 9.56. The Bertz CT molecular complexity index is 534. The lowest BCUT2D eigenvalue weighted by Gasteiger charge is -2.03. The summed E-state index contributed by atoms with van der Waals surface area (Å²) in [6, 6.07) is 8.53. The van der Waals surface area contributed by atoms with Gasteiger partial charge in [-0.25, -0.2) is 0 Å². The molecular formula is C12H12N2O3. The maximum Gasteiger partial charge on any atom is 0.257 e. The number of hydrogen-bond acceptors (Lipinski definition) is 4. The molecule has 1 aromatic heterocycles. The summed E-state index contributed by atoms with van der Waals surface area (Å²) in [7, 11) is 1.55. The van der Waals surface area contributed by atoms with Crippen molar-refractivity contribution >= 4 is 11.7 Å². The van der Waals surface area contributed by atoms with E-state index in [2.05, 4.69) is 10.5 Å². The number of aryl methyl sites for hydroxylation is 1. The van der Waals surface area contributed by atoms with Crippen LogP contribution in [0.4, 0.5) is 5.82 Å². The second-order valence-corrected chi connectivity index (χ2v) is 3.51. The normalized spacial score (nSPS) is 10.0. The van der Waals surface area contributed by atoms with Crippen LogP contribution in [-0.2, 0) is 0 Å². The minimum absolute atomic E-state index is 0.253. The third kappa shape index (κ3) is 2.63. The van der Waals surface area contributed by atoms with Crippen LogP contribution in [0, 0.1) is 6.92 Å². The van der Waals surface area contributed by atoms with Gasteiger partial charge in [-0.2, -0.15) is 0 Å². The summed E-state index contributed by atoms with van der Waals surface area (Å²) < 4.78 is 9.90. The van der Waals surface area contributed by atoms with E-state index in [0.29, 0.717) is 22.9 Å². The number of aromatic nitrogens is 1. The van der Waals surface area contributed by atoms with Gasteiger partial charge in [-0.3, -0.25) is 4.79 Å². The highest BCUT2D eigenvalue weighted by Crippen LogP contribution is 2.14. The van der Waals surface area contributed by atoms with Crippen molar-refractivity contribution in [3.05, 3.63) is 41.7 Å². The van der Waals surface area contributed by atoms with Crippen molar-refractivity contribution in [3.63, 3.8) is 0 Å². The zero-order chi connectivity index (χ0) is 12.3. The number of carbonyl (C=O) groups is 1. The zero-order valence-corrected chi connectivity index (χ0v) is 9.56. The number of amides is 1. The summed E-state index contributed by atoms with van der Waals surface area (Å²) in [6.07, 6.45) is 0. The summed E-state index contributed by atoms with van der Waals surface area (Å²) in [5.74, 6) is 1.42. The summed E-state index contributed by atoms with van der Waals surface area (Å²) >= 11 is 0. The van der Waals surface area contributed by atoms with E-state index in [1.165, 1.54) is 0 Å². The van der Waals surface area contributed by atoms with Crippen molar-refractivity contribution in [2.45, 2.75) is 6.92 Å². The van der Waals surface area contributed by atoms with Crippen molar-refractivity contribution in [2.75, 3.05) is 12.4 Å². The first-order valence-electron chi connectivity index (χ1n) is 5.08. The lowest BCUT2D eigenvalue weighted by atomic mass is 10.2. The van der Waals surface area contributed by atoms with Crippen LogP contribution < -0.4 is 10.1 Å². The second kappa shape index (κ2) is 4.69. The number of nitrogens with one attached hydrogen (secondary N) is 1. The van der Waals surface area contributed by atoms with E-state index in [0.717, 1.165) is 0 Å². The molecule has 5 heteroatoms. The van der Waals surface area contributed by atoms with E-state index >= 15 is 0 Å². The smallest absolute Gasteiger partial charge is 0.257 e. The fourth-order valence-electron chi connectivity index (χ4n) is 1.38. The summed E-state index contributed by atoms with van der Waals surface area (Å²) in [5.41, 5.74) is 0.505. The SMILES string of the molecule is COc1cccc(C(=O)Nc2cc(C)on2)c1. The highest BCUT2D eigenvalue weighted by Gasteiger charge is 2.09. The van der Waals surface area contributed by atoms with Crippen LogP contribution in [-0.4, -0.2) is 18.2 Å². The Balaban J connectivity index is 2.14. The molecule has 1 amide bonds. The van der Waals surface area contributed by atoms with Crippen molar-refractivity contribution in [2.24, 2.45) is 0 Å². The lowest BCUT2D eigenvalue weighted by Crippen LogP contribution is -2.12. The largest absolute Gasteiger partial charge is 0.497 e. The molecule has 17 heavy (non-hydrogen) atoms. The second-order valence-electron chi connectivity index (χ2n) is 3.51. The van der Waals surface area contributed by atoms with Crippen LogP contribution in [0.25, 0.3) is 0 Å². The number of ether oxygens (including phenoxy) is 1. The summed E-state index contributed by atoms with van der Waals surface area (Å²) in [5, 5.41) is 6.32. The van der Waals surface area contributed by atoms with Crippen LogP contribution in [0.2, 0.25) is 0 Å². The Labute approximate surface area is 98.4 Å². The van der Waals surface area contributed by atoms with E-state index in [-0.39, 0.29) is 5.91 Å². The van der Waals surface area contributed by atoms with Gasteiger partial charge in [0, 0.05) is 11.6 Å². The van der Waals surface area contributed by atoms with Crippen LogP contribution in [0.3, 0.4) is 0 Å². The Morgan fingerprint density at radius 1 is 1.41 bits per heavy atom. The van der Waals surface area contributed by atoms with E-state index < -0.39 is 0 Å². The van der Waals surface area contributed by atoms with Gasteiger partial charge >= 0.3 is 0 Å². The Kier molecular flexibility index (Phi) is 3.09. The van der Waals surface area contributed by atoms with Gasteiger partial charge in [0.1, 0.15) is 11.5 Å². The Morgan fingerprint density at radius 2 is 2.24 bits per heavy atom. The number of anilines is 1. The summed E-state index contributed by atoms with van der Waals surface area (Å²) in [4.78, 5) is 11.8. The average Bonchev–Trinajstić information content (AvgIpc) is 2.75. The molecule has 0 saturated heterocycles. The molecule has 0 atom stereocenters.